The number of rotatable bonds is 6. The number of carbonyl (C=O) groups excluding carboxylic acids is 1. The molecule has 6 nitrogen and oxygen atoms in total. The van der Waals surface area contributed by atoms with Gasteiger partial charge in [-0.2, -0.15) is 5.10 Å². The van der Waals surface area contributed by atoms with Gasteiger partial charge in [0.2, 0.25) is 0 Å². The summed E-state index contributed by atoms with van der Waals surface area (Å²) >= 11 is 0. The molecule has 0 aliphatic heterocycles. The fourth-order valence-electron chi connectivity index (χ4n) is 3.22. The Hall–Kier alpha value is -3.25. The van der Waals surface area contributed by atoms with Crippen molar-refractivity contribution in [3.63, 3.8) is 0 Å². The molecule has 6 heteroatoms. The summed E-state index contributed by atoms with van der Waals surface area (Å²) < 4.78 is 2.04. The number of aliphatic hydroxyl groups excluding tert-OH is 1. The number of aliphatic hydroxyl groups is 1. The molecule has 27 heavy (non-hydrogen) atoms. The molecule has 0 radical (unpaired) electrons. The predicted molar refractivity (Wildman–Crippen MR) is 104 cm³/mol. The van der Waals surface area contributed by atoms with Crippen LogP contribution < -0.4 is 0 Å². The zero-order chi connectivity index (χ0) is 18.8. The second-order valence-corrected chi connectivity index (χ2v) is 6.35. The Morgan fingerprint density at radius 3 is 2.63 bits per heavy atom. The zero-order valence-corrected chi connectivity index (χ0v) is 15.0. The standard InChI is InChI=1S/C21H20N4O2/c1-2-20(27)15-5-8-19-18(13-15)23-21(17-9-11-22-24-17)25(19)16-6-3-14(4-7-16)10-12-26/h3-9,11,13,26H,2,10,12H2,1H3,(H,22,24). The van der Waals surface area contributed by atoms with E-state index in [9.17, 15) is 4.79 Å². The van der Waals surface area contributed by atoms with E-state index in [1.54, 1.807) is 6.20 Å². The van der Waals surface area contributed by atoms with Crippen LogP contribution in [-0.4, -0.2) is 37.2 Å². The van der Waals surface area contributed by atoms with Crippen molar-refractivity contribution < 1.29 is 9.90 Å². The molecule has 0 aliphatic carbocycles. The molecule has 0 unspecified atom stereocenters. The third kappa shape index (κ3) is 3.15. The maximum Gasteiger partial charge on any atom is 0.166 e. The summed E-state index contributed by atoms with van der Waals surface area (Å²) in [4.78, 5) is 16.8. The van der Waals surface area contributed by atoms with E-state index in [0.29, 0.717) is 24.2 Å². The molecule has 0 atom stereocenters. The number of aromatic nitrogens is 4. The minimum atomic E-state index is 0.0983. The third-order valence-corrected chi connectivity index (χ3v) is 4.62. The van der Waals surface area contributed by atoms with Crippen molar-refractivity contribution >= 4 is 16.8 Å². The quantitative estimate of drug-likeness (QED) is 0.515. The first kappa shape index (κ1) is 17.2. The Bertz CT molecular complexity index is 1080. The van der Waals surface area contributed by atoms with Crippen LogP contribution in [0.25, 0.3) is 28.2 Å². The number of H-pyrrole nitrogens is 1. The number of hydrogen-bond acceptors (Lipinski definition) is 4. The summed E-state index contributed by atoms with van der Waals surface area (Å²) in [6.45, 7) is 1.98. The molecule has 0 amide bonds. The Morgan fingerprint density at radius 1 is 1.15 bits per heavy atom. The molecule has 2 aromatic carbocycles. The maximum atomic E-state index is 12.1. The summed E-state index contributed by atoms with van der Waals surface area (Å²) in [5.74, 6) is 0.809. The zero-order valence-electron chi connectivity index (χ0n) is 15.0. The van der Waals surface area contributed by atoms with Gasteiger partial charge in [-0.15, -0.1) is 0 Å². The number of Topliss-reactive ketones (excluding diaryl/α,β-unsaturated/α-hetero) is 1. The van der Waals surface area contributed by atoms with Crippen molar-refractivity contribution in [2.24, 2.45) is 0 Å². The van der Waals surface area contributed by atoms with Crippen molar-refractivity contribution in [2.75, 3.05) is 6.61 Å². The summed E-state index contributed by atoms with van der Waals surface area (Å²) in [5, 5.41) is 16.2. The van der Waals surface area contributed by atoms with Gasteiger partial charge in [0.15, 0.2) is 11.6 Å². The number of benzene rings is 2. The smallest absolute Gasteiger partial charge is 0.166 e. The minimum absolute atomic E-state index is 0.0983. The topological polar surface area (TPSA) is 83.8 Å². The molecular weight excluding hydrogens is 340 g/mol. The average molecular weight is 360 g/mol. The third-order valence-electron chi connectivity index (χ3n) is 4.62. The largest absolute Gasteiger partial charge is 0.396 e. The number of nitrogens with zero attached hydrogens (tertiary/aromatic N) is 3. The van der Waals surface area contributed by atoms with E-state index in [-0.39, 0.29) is 12.4 Å². The van der Waals surface area contributed by atoms with Crippen LogP contribution in [0.4, 0.5) is 0 Å². The first-order valence-corrected chi connectivity index (χ1v) is 8.97. The molecule has 4 aromatic rings. The molecule has 0 saturated heterocycles. The Kier molecular flexibility index (Phi) is 4.56. The molecule has 4 rings (SSSR count). The van der Waals surface area contributed by atoms with Crippen LogP contribution in [0, 0.1) is 0 Å². The lowest BCUT2D eigenvalue weighted by atomic mass is 10.1. The van der Waals surface area contributed by atoms with Gasteiger partial charge in [-0.25, -0.2) is 4.98 Å². The van der Waals surface area contributed by atoms with Gasteiger partial charge in [0.05, 0.1) is 11.0 Å². The highest BCUT2D eigenvalue weighted by Gasteiger charge is 2.17. The molecular formula is C21H20N4O2. The van der Waals surface area contributed by atoms with Gasteiger partial charge in [0, 0.05) is 30.5 Å². The summed E-state index contributed by atoms with van der Waals surface area (Å²) in [6, 6.07) is 15.5. The maximum absolute atomic E-state index is 12.1. The summed E-state index contributed by atoms with van der Waals surface area (Å²) in [7, 11) is 0. The number of aromatic amines is 1. The van der Waals surface area contributed by atoms with Crippen molar-refractivity contribution in [3.8, 4) is 17.2 Å². The Balaban J connectivity index is 1.91. The van der Waals surface area contributed by atoms with Crippen LogP contribution in [0.5, 0.6) is 0 Å². The minimum Gasteiger partial charge on any atom is -0.396 e. The van der Waals surface area contributed by atoms with Crippen LogP contribution in [-0.2, 0) is 6.42 Å². The number of carbonyl (C=O) groups is 1. The van der Waals surface area contributed by atoms with Gasteiger partial charge >= 0.3 is 0 Å². The molecule has 0 bridgehead atoms. The van der Waals surface area contributed by atoms with Gasteiger partial charge in [0.1, 0.15) is 5.69 Å². The highest BCUT2D eigenvalue weighted by atomic mass is 16.2. The van der Waals surface area contributed by atoms with Crippen LogP contribution in [0.2, 0.25) is 0 Å². The second kappa shape index (κ2) is 7.17. The molecule has 0 aliphatic rings. The molecule has 2 aromatic heterocycles. The number of nitrogens with one attached hydrogen (secondary N) is 1. The van der Waals surface area contributed by atoms with Crippen molar-refractivity contribution in [3.05, 3.63) is 65.9 Å². The number of ketones is 1. The molecule has 136 valence electrons. The molecule has 2 heterocycles. The van der Waals surface area contributed by atoms with E-state index in [2.05, 4.69) is 10.2 Å². The summed E-state index contributed by atoms with van der Waals surface area (Å²) in [6.07, 6.45) is 2.85. The molecule has 2 N–H and O–H groups in total. The highest BCUT2D eigenvalue weighted by molar-refractivity contribution is 5.99. The lowest BCUT2D eigenvalue weighted by Gasteiger charge is -2.09. The number of fused-ring (bicyclic) bond motifs is 1. The van der Waals surface area contributed by atoms with Gasteiger partial charge in [-0.1, -0.05) is 19.1 Å². The predicted octanol–water partition coefficient (Wildman–Crippen LogP) is 3.54. The lowest BCUT2D eigenvalue weighted by Crippen LogP contribution is -1.99. The van der Waals surface area contributed by atoms with Crippen molar-refractivity contribution in [2.45, 2.75) is 19.8 Å². The van der Waals surface area contributed by atoms with E-state index < -0.39 is 0 Å². The highest BCUT2D eigenvalue weighted by Crippen LogP contribution is 2.28. The summed E-state index contributed by atoms with van der Waals surface area (Å²) in [5.41, 5.74) is 5.09. The average Bonchev–Trinajstić information content (AvgIpc) is 3.35. The fraction of sp³-hybridized carbons (Fsp3) is 0.190. The monoisotopic (exact) mass is 360 g/mol. The van der Waals surface area contributed by atoms with E-state index in [0.717, 1.165) is 28.0 Å². The van der Waals surface area contributed by atoms with E-state index in [4.69, 9.17) is 10.1 Å². The van der Waals surface area contributed by atoms with Crippen LogP contribution in [0.1, 0.15) is 29.3 Å². The SMILES string of the molecule is CCC(=O)c1ccc2c(c1)nc(-c1cc[nH]n1)n2-c1ccc(CCO)cc1. The number of hydrogen-bond donors (Lipinski definition) is 2. The first-order chi connectivity index (χ1) is 13.2. The molecule has 0 saturated carbocycles. The normalized spacial score (nSPS) is 11.2. The van der Waals surface area contributed by atoms with E-state index in [1.807, 2.05) is 60.0 Å². The Labute approximate surface area is 156 Å². The van der Waals surface area contributed by atoms with Gasteiger partial charge in [-0.3, -0.25) is 14.5 Å². The number of imidazole rings is 1. The van der Waals surface area contributed by atoms with Crippen LogP contribution in [0.15, 0.2) is 54.7 Å². The van der Waals surface area contributed by atoms with E-state index in [1.165, 1.54) is 0 Å². The van der Waals surface area contributed by atoms with Crippen LogP contribution >= 0.6 is 0 Å². The van der Waals surface area contributed by atoms with Crippen molar-refractivity contribution in [1.29, 1.82) is 0 Å². The lowest BCUT2D eigenvalue weighted by molar-refractivity contribution is 0.0988. The first-order valence-electron chi connectivity index (χ1n) is 8.97. The van der Waals surface area contributed by atoms with Crippen LogP contribution in [0.3, 0.4) is 0 Å². The van der Waals surface area contributed by atoms with E-state index >= 15 is 0 Å². The molecule has 0 fully saturated rings. The Morgan fingerprint density at radius 2 is 1.96 bits per heavy atom. The van der Waals surface area contributed by atoms with Crippen molar-refractivity contribution in [1.82, 2.24) is 19.7 Å². The second-order valence-electron chi connectivity index (χ2n) is 6.35. The van der Waals surface area contributed by atoms with Gasteiger partial charge in [-0.05, 0) is 48.4 Å². The fourth-order valence-corrected chi connectivity index (χ4v) is 3.22. The van der Waals surface area contributed by atoms with Gasteiger partial charge in [0.25, 0.3) is 0 Å². The molecule has 0 spiro atoms. The van der Waals surface area contributed by atoms with Gasteiger partial charge < -0.3 is 5.11 Å².